The third kappa shape index (κ3) is 19.7. The van der Waals surface area contributed by atoms with E-state index in [1.54, 1.807) is 41.2 Å². The minimum absolute atomic E-state index is 0.0165. The fraction of sp³-hybridized carbons (Fsp3) is 0.354. The van der Waals surface area contributed by atoms with Crippen molar-refractivity contribution in [2.24, 2.45) is 0 Å². The number of amides is 4. The molecule has 0 bridgehead atoms. The van der Waals surface area contributed by atoms with Crippen LogP contribution in [-0.4, -0.2) is 190 Å². The summed E-state index contributed by atoms with van der Waals surface area (Å²) in [5.74, 6) is -5.23. The summed E-state index contributed by atoms with van der Waals surface area (Å²) >= 11 is 6.81. The van der Waals surface area contributed by atoms with Gasteiger partial charge in [-0.1, -0.05) is 95.7 Å². The maximum Gasteiger partial charge on any atom is 0.426 e. The molecule has 5 aromatic carbocycles. The predicted molar refractivity (Wildman–Crippen MR) is 365 cm³/mol. The second kappa shape index (κ2) is 32.6. The number of piperazine rings is 1. The minimum Gasteiger partial charge on any atom is -0.488 e. The molecule has 9 rings (SSSR count). The SMILES string of the molecule is Cc1c(COc2cc(OCc3cncc(C#N)c3)c(CN[C@@H](CS(=O)(=O)O)C(=O)NCCS(=O)(=O)O)cc2Cl)cccc1-c1cccc(OCc2cn(CCCN3CCN(C(=O)[C@@H](C)N(C(=O)[C@@H](C)N(C(=O)OCC4c5ccccc5-c5ccccc54)S(=O)(=O)O)S(=O)(=O)O)CC3)nn2)c1C. The van der Waals surface area contributed by atoms with E-state index in [4.69, 9.17) is 35.1 Å². The average molecular weight is 1490 g/mol. The Kier molecular flexibility index (Phi) is 24.6. The molecule has 3 heterocycles. The number of rotatable bonds is 31. The number of hydrogen-bond donors (Lipinski definition) is 6. The maximum atomic E-state index is 13.9. The van der Waals surface area contributed by atoms with E-state index >= 15 is 0 Å². The Morgan fingerprint density at radius 3 is 1.96 bits per heavy atom. The van der Waals surface area contributed by atoms with Gasteiger partial charge in [0.1, 0.15) is 73.6 Å². The van der Waals surface area contributed by atoms with Crippen LogP contribution in [0.1, 0.15) is 76.4 Å². The summed E-state index contributed by atoms with van der Waals surface area (Å²) < 4.78 is 162. The molecule has 2 aliphatic rings. The molecule has 0 spiro atoms. The van der Waals surface area contributed by atoms with E-state index in [0.29, 0.717) is 55.2 Å². The number of nitrogens with one attached hydrogen (secondary N) is 2. The first-order valence-electron chi connectivity index (χ1n) is 31.3. The van der Waals surface area contributed by atoms with Gasteiger partial charge in [-0.25, -0.2) is 9.10 Å². The van der Waals surface area contributed by atoms with Gasteiger partial charge in [0, 0.05) is 87.9 Å². The van der Waals surface area contributed by atoms with Gasteiger partial charge in [-0.05, 0) is 102 Å². The number of carbonyl (C=O) groups is 4. The van der Waals surface area contributed by atoms with Crippen molar-refractivity contribution < 1.29 is 90.0 Å². The van der Waals surface area contributed by atoms with E-state index in [2.05, 4.69) is 30.8 Å². The summed E-state index contributed by atoms with van der Waals surface area (Å²) in [5.41, 5.74) is 9.08. The minimum atomic E-state index is -5.62. The fourth-order valence-corrected chi connectivity index (χ4v) is 14.7. The van der Waals surface area contributed by atoms with Crippen LogP contribution in [0.25, 0.3) is 22.3 Å². The number of benzene rings is 5. The highest BCUT2D eigenvalue weighted by Crippen LogP contribution is 2.45. The van der Waals surface area contributed by atoms with Crippen molar-refractivity contribution in [2.75, 3.05) is 57.4 Å². The zero-order chi connectivity index (χ0) is 73.1. The van der Waals surface area contributed by atoms with Gasteiger partial charge < -0.3 is 34.5 Å². The van der Waals surface area contributed by atoms with Crippen molar-refractivity contribution in [3.8, 4) is 45.6 Å². The van der Waals surface area contributed by atoms with Gasteiger partial charge in [0.25, 0.3) is 26.1 Å². The summed E-state index contributed by atoms with van der Waals surface area (Å²) in [4.78, 5) is 61.6. The zero-order valence-corrected chi connectivity index (χ0v) is 58.8. The van der Waals surface area contributed by atoms with Crippen LogP contribution in [0.15, 0.2) is 122 Å². The molecular weight excluding hydrogens is 1420 g/mol. The first kappa shape index (κ1) is 76.0. The quantitative estimate of drug-likeness (QED) is 0.0289. The number of ether oxygens (including phenoxy) is 4. The van der Waals surface area contributed by atoms with Crippen LogP contribution in [-0.2, 0) is 92.9 Å². The lowest BCUT2D eigenvalue weighted by Crippen LogP contribution is -2.59. The van der Waals surface area contributed by atoms with Gasteiger partial charge in [-0.2, -0.15) is 43.2 Å². The second-order valence-electron chi connectivity index (χ2n) is 23.8. The van der Waals surface area contributed by atoms with E-state index in [9.17, 15) is 71.8 Å². The fourth-order valence-electron chi connectivity index (χ4n) is 11.8. The van der Waals surface area contributed by atoms with Crippen LogP contribution in [0.5, 0.6) is 17.2 Å². The van der Waals surface area contributed by atoms with Crippen LogP contribution in [0, 0.1) is 25.2 Å². The molecule has 101 heavy (non-hydrogen) atoms. The lowest BCUT2D eigenvalue weighted by molar-refractivity contribution is -0.143. The molecule has 0 radical (unpaired) electrons. The van der Waals surface area contributed by atoms with Crippen molar-refractivity contribution in [1.29, 1.82) is 5.26 Å². The first-order chi connectivity index (χ1) is 47.8. The molecule has 7 aromatic rings. The van der Waals surface area contributed by atoms with Crippen LogP contribution in [0.4, 0.5) is 4.79 Å². The summed E-state index contributed by atoms with van der Waals surface area (Å²) in [5, 5.41) is 23.1. The molecule has 4 amide bonds. The molecule has 36 heteroatoms. The highest BCUT2D eigenvalue weighted by Gasteiger charge is 2.46. The summed E-state index contributed by atoms with van der Waals surface area (Å²) in [6, 6.07) is 26.6. The van der Waals surface area contributed by atoms with Gasteiger partial charge in [0.15, 0.2) is 0 Å². The largest absolute Gasteiger partial charge is 0.488 e. The molecule has 6 N–H and O–H groups in total. The third-order valence-electron chi connectivity index (χ3n) is 16.9. The smallest absolute Gasteiger partial charge is 0.426 e. The number of nitriles is 1. The number of carbonyl (C=O) groups excluding carboxylic acids is 4. The predicted octanol–water partition coefficient (Wildman–Crippen LogP) is 5.57. The molecule has 1 aliphatic heterocycles. The Hall–Kier alpha value is -9.19. The Bertz CT molecular complexity index is 4720. The van der Waals surface area contributed by atoms with E-state index in [1.807, 2.05) is 80.6 Å². The Morgan fingerprint density at radius 1 is 0.693 bits per heavy atom. The Labute approximate surface area is 588 Å². The van der Waals surface area contributed by atoms with Gasteiger partial charge in [0.05, 0.1) is 28.3 Å². The number of aromatic nitrogens is 4. The second-order valence-corrected chi connectivity index (χ2v) is 29.8. The molecule has 31 nitrogen and oxygen atoms in total. The lowest BCUT2D eigenvalue weighted by atomic mass is 9.93. The van der Waals surface area contributed by atoms with Crippen LogP contribution >= 0.6 is 11.6 Å². The zero-order valence-electron chi connectivity index (χ0n) is 54.8. The molecule has 1 aliphatic carbocycles. The van der Waals surface area contributed by atoms with Crippen LogP contribution in [0.2, 0.25) is 5.02 Å². The van der Waals surface area contributed by atoms with E-state index in [-0.39, 0.29) is 70.2 Å². The lowest BCUT2D eigenvalue weighted by Gasteiger charge is -2.38. The number of halogens is 1. The van der Waals surface area contributed by atoms with Gasteiger partial charge in [0.2, 0.25) is 11.8 Å². The Morgan fingerprint density at radius 2 is 1.32 bits per heavy atom. The number of aryl methyl sites for hydroxylation is 1. The molecule has 0 unspecified atom stereocenters. The summed E-state index contributed by atoms with van der Waals surface area (Å²) in [6.45, 7) is 6.21. The first-order valence-corrected chi connectivity index (χ1v) is 37.6. The van der Waals surface area contributed by atoms with Gasteiger partial charge >= 0.3 is 26.7 Å². The standard InChI is InChI=1S/C65H72ClN11O20S4/c1-41-47(37-95-61-30-60(94-36-46-28-45(31-67)32-68-33-46)48(29-57(61)66)34-70-58(40-99(85,86)87)62(78)69-20-27-98(82,83)84)12-9-17-50(41)51-18-10-19-59(42(51)2)96-38-49-35-75(72-71-49)22-11-21-73-23-25-74(26-24-73)63(79)43(3)76(100(88,89)90)64(80)44(4)77(101(91,92)93)65(81)97-39-56-54-15-7-5-13-52(54)53-14-6-8-16-55(53)56/h5-10,12-19,28-30,32-33,35,43-44,56,58,70H,11,20-27,34,36-40H2,1-4H3,(H,69,78)(H,82,83,84)(H,85,86,87)(H,88,89,90)(H,91,92,93)/t43-,44-,58+/m1/s1. The summed E-state index contributed by atoms with van der Waals surface area (Å²) in [6.07, 6.45) is 3.50. The number of hydrogen-bond acceptors (Lipinski definition) is 22. The van der Waals surface area contributed by atoms with Crippen molar-refractivity contribution in [1.82, 2.24) is 49.0 Å². The van der Waals surface area contributed by atoms with Crippen molar-refractivity contribution >= 4 is 76.3 Å². The Balaban J connectivity index is 0.767. The topological polar surface area (TPSA) is 427 Å². The van der Waals surface area contributed by atoms with Crippen LogP contribution in [0.3, 0.4) is 0 Å². The number of nitrogens with zero attached hydrogens (tertiary/aromatic N) is 9. The van der Waals surface area contributed by atoms with Crippen LogP contribution < -0.4 is 24.8 Å². The highest BCUT2D eigenvalue weighted by atomic mass is 35.5. The van der Waals surface area contributed by atoms with E-state index < -0.39 is 113 Å². The average Bonchev–Trinajstić information content (AvgIpc) is 1.72. The number of pyridine rings is 1. The van der Waals surface area contributed by atoms with Gasteiger partial charge in [-0.15, -0.1) is 5.10 Å². The van der Waals surface area contributed by atoms with E-state index in [1.165, 1.54) is 29.4 Å². The molecule has 1 saturated heterocycles. The van der Waals surface area contributed by atoms with Crippen molar-refractivity contribution in [2.45, 2.75) is 91.1 Å². The highest BCUT2D eigenvalue weighted by molar-refractivity contribution is 7.86. The molecule has 2 aromatic heterocycles. The van der Waals surface area contributed by atoms with E-state index in [0.717, 1.165) is 63.9 Å². The molecule has 538 valence electrons. The third-order valence-corrected chi connectivity index (χ3v) is 20.6. The molecule has 1 fully saturated rings. The normalized spacial score (nSPS) is 14.4. The van der Waals surface area contributed by atoms with Gasteiger partial charge in [-0.3, -0.25) is 47.2 Å². The van der Waals surface area contributed by atoms with Crippen molar-refractivity contribution in [3.05, 3.63) is 177 Å². The molecular formula is C65H72ClN11O20S4. The monoisotopic (exact) mass is 1490 g/mol. The molecule has 3 atom stereocenters. The van der Waals surface area contributed by atoms with Crippen molar-refractivity contribution in [3.63, 3.8) is 0 Å². The summed E-state index contributed by atoms with van der Waals surface area (Å²) in [7, 11) is -20.4. The maximum absolute atomic E-state index is 13.9. The molecule has 0 saturated carbocycles. The number of fused-ring (bicyclic) bond motifs is 3.